The van der Waals surface area contributed by atoms with Crippen LogP contribution < -0.4 is 5.32 Å². The molecule has 1 N–H and O–H groups in total. The first-order valence-electron chi connectivity index (χ1n) is 9.54. The number of hydrogen-bond donors (Lipinski definition) is 1. The van der Waals surface area contributed by atoms with Crippen LogP contribution in [0.3, 0.4) is 0 Å². The van der Waals surface area contributed by atoms with Gasteiger partial charge in [-0.25, -0.2) is 0 Å². The molecule has 26 heavy (non-hydrogen) atoms. The van der Waals surface area contributed by atoms with Gasteiger partial charge in [-0.05, 0) is 48.9 Å². The summed E-state index contributed by atoms with van der Waals surface area (Å²) in [7, 11) is 1.94. The van der Waals surface area contributed by atoms with Crippen molar-refractivity contribution in [3.8, 4) is 0 Å². The fraction of sp³-hybridized carbons (Fsp3) is 0.458. The first-order chi connectivity index (χ1) is 12.2. The molecule has 0 aromatic heterocycles. The molecule has 2 nitrogen and oxygen atoms in total. The molecule has 2 heteroatoms. The Morgan fingerprint density at radius 2 is 1.38 bits per heavy atom. The SMILES string of the molecule is CCC=O.CNc1cccc(C(C)C)c1.Cc1cc(C)cc(C(C)C)c1. The third-order valence-corrected chi connectivity index (χ3v) is 3.92. The van der Waals surface area contributed by atoms with E-state index in [1.54, 1.807) is 0 Å². The van der Waals surface area contributed by atoms with Crippen LogP contribution in [0.1, 0.15) is 75.1 Å². The average molecular weight is 356 g/mol. The Morgan fingerprint density at radius 1 is 0.885 bits per heavy atom. The molecule has 0 bridgehead atoms. The van der Waals surface area contributed by atoms with Gasteiger partial charge in [0.25, 0.3) is 0 Å². The summed E-state index contributed by atoms with van der Waals surface area (Å²) in [6.07, 6.45) is 1.51. The second-order valence-electron chi connectivity index (χ2n) is 7.18. The number of benzene rings is 2. The van der Waals surface area contributed by atoms with Crippen molar-refractivity contribution in [2.45, 2.75) is 66.7 Å². The van der Waals surface area contributed by atoms with Crippen LogP contribution in [0.25, 0.3) is 0 Å². The van der Waals surface area contributed by atoms with Crippen LogP contribution in [0.4, 0.5) is 5.69 Å². The van der Waals surface area contributed by atoms with Gasteiger partial charge >= 0.3 is 0 Å². The molecule has 0 aliphatic carbocycles. The van der Waals surface area contributed by atoms with E-state index in [1.165, 1.54) is 27.9 Å². The van der Waals surface area contributed by atoms with E-state index < -0.39 is 0 Å². The first-order valence-corrected chi connectivity index (χ1v) is 9.54. The molecule has 0 aliphatic heterocycles. The molecular formula is C24H37NO. The number of nitrogens with one attached hydrogen (secondary N) is 1. The van der Waals surface area contributed by atoms with Crippen molar-refractivity contribution >= 4 is 12.0 Å². The summed E-state index contributed by atoms with van der Waals surface area (Å²) < 4.78 is 0. The van der Waals surface area contributed by atoms with Gasteiger partial charge in [-0.2, -0.15) is 0 Å². The van der Waals surface area contributed by atoms with Crippen molar-refractivity contribution in [2.75, 3.05) is 12.4 Å². The molecule has 0 aliphatic rings. The summed E-state index contributed by atoms with van der Waals surface area (Å²) in [4.78, 5) is 9.17. The number of aryl methyl sites for hydroxylation is 2. The Hall–Kier alpha value is -2.09. The molecule has 0 spiro atoms. The molecule has 2 aromatic rings. The third kappa shape index (κ3) is 10.0. The minimum atomic E-state index is 0.614. The molecule has 144 valence electrons. The van der Waals surface area contributed by atoms with Crippen LogP contribution in [-0.2, 0) is 4.79 Å². The minimum Gasteiger partial charge on any atom is -0.388 e. The van der Waals surface area contributed by atoms with E-state index in [0.717, 1.165) is 6.29 Å². The van der Waals surface area contributed by atoms with Gasteiger partial charge in [0.15, 0.2) is 0 Å². The second kappa shape index (κ2) is 13.2. The quantitative estimate of drug-likeness (QED) is 0.606. The van der Waals surface area contributed by atoms with Gasteiger partial charge < -0.3 is 10.1 Å². The Morgan fingerprint density at radius 3 is 1.77 bits per heavy atom. The van der Waals surface area contributed by atoms with E-state index in [4.69, 9.17) is 0 Å². The summed E-state index contributed by atoms with van der Waals surface area (Å²) in [5.74, 6) is 1.26. The van der Waals surface area contributed by atoms with Crippen LogP contribution in [0.2, 0.25) is 0 Å². The minimum absolute atomic E-state index is 0.614. The number of hydrogen-bond acceptors (Lipinski definition) is 2. The van der Waals surface area contributed by atoms with Crippen LogP contribution in [0.15, 0.2) is 42.5 Å². The van der Waals surface area contributed by atoms with Crippen LogP contribution >= 0.6 is 0 Å². The van der Waals surface area contributed by atoms with Crippen molar-refractivity contribution in [1.29, 1.82) is 0 Å². The number of carbonyl (C=O) groups excluding carboxylic acids is 1. The lowest BCUT2D eigenvalue weighted by atomic mass is 9.99. The Balaban J connectivity index is 0.000000401. The molecule has 0 atom stereocenters. The predicted molar refractivity (Wildman–Crippen MR) is 116 cm³/mol. The summed E-state index contributed by atoms with van der Waals surface area (Å²) >= 11 is 0. The van der Waals surface area contributed by atoms with Crippen LogP contribution in [0.5, 0.6) is 0 Å². The van der Waals surface area contributed by atoms with E-state index in [1.807, 2.05) is 14.0 Å². The van der Waals surface area contributed by atoms with Gasteiger partial charge in [-0.1, -0.05) is 76.1 Å². The Bertz CT molecular complexity index is 624. The van der Waals surface area contributed by atoms with E-state index in [0.29, 0.717) is 18.3 Å². The highest BCUT2D eigenvalue weighted by Gasteiger charge is 1.99. The summed E-state index contributed by atoms with van der Waals surface area (Å²) in [6, 6.07) is 15.2. The van der Waals surface area contributed by atoms with Gasteiger partial charge in [0.2, 0.25) is 0 Å². The maximum atomic E-state index is 9.17. The number of aldehydes is 1. The molecule has 0 fully saturated rings. The Labute approximate surface area is 161 Å². The van der Waals surface area contributed by atoms with Crippen molar-refractivity contribution in [1.82, 2.24) is 0 Å². The first kappa shape index (κ1) is 23.9. The normalized spacial score (nSPS) is 9.77. The smallest absolute Gasteiger partial charge is 0.119 e. The highest BCUT2D eigenvalue weighted by atomic mass is 16.1. The topological polar surface area (TPSA) is 29.1 Å². The highest BCUT2D eigenvalue weighted by Crippen LogP contribution is 2.18. The number of carbonyl (C=O) groups is 1. The molecule has 2 rings (SSSR count). The number of anilines is 1. The lowest BCUT2D eigenvalue weighted by Crippen LogP contribution is -1.91. The van der Waals surface area contributed by atoms with E-state index >= 15 is 0 Å². The molecule has 0 unspecified atom stereocenters. The molecule has 0 amide bonds. The zero-order chi connectivity index (χ0) is 20.1. The maximum absolute atomic E-state index is 9.17. The average Bonchev–Trinajstić information content (AvgIpc) is 2.61. The lowest BCUT2D eigenvalue weighted by molar-refractivity contribution is -0.107. The Kier molecular flexibility index (Phi) is 12.1. The summed E-state index contributed by atoms with van der Waals surface area (Å²) in [6.45, 7) is 15.0. The lowest BCUT2D eigenvalue weighted by Gasteiger charge is -2.07. The van der Waals surface area contributed by atoms with Gasteiger partial charge in [-0.15, -0.1) is 0 Å². The zero-order valence-electron chi connectivity index (χ0n) is 17.9. The highest BCUT2D eigenvalue weighted by molar-refractivity contribution is 5.48. The monoisotopic (exact) mass is 355 g/mol. The van der Waals surface area contributed by atoms with Crippen molar-refractivity contribution < 1.29 is 4.79 Å². The molecule has 0 saturated heterocycles. The molecular weight excluding hydrogens is 318 g/mol. The van der Waals surface area contributed by atoms with Crippen LogP contribution in [-0.4, -0.2) is 13.3 Å². The van der Waals surface area contributed by atoms with Crippen LogP contribution in [0, 0.1) is 13.8 Å². The standard InChI is InChI=1S/C11H16.C10H15N.C3H6O/c1-8(2)11-6-9(3)5-10(4)7-11;1-8(2)9-5-4-6-10(7-9)11-3;1-2-3-4/h5-8H,1-4H3;4-8,11H,1-3H3;3H,2H2,1H3. The fourth-order valence-electron chi connectivity index (χ4n) is 2.40. The van der Waals surface area contributed by atoms with Gasteiger partial charge in [0, 0.05) is 19.2 Å². The maximum Gasteiger partial charge on any atom is 0.119 e. The largest absolute Gasteiger partial charge is 0.388 e. The molecule has 0 heterocycles. The van der Waals surface area contributed by atoms with Crippen molar-refractivity contribution in [3.05, 3.63) is 64.7 Å². The molecule has 0 saturated carbocycles. The summed E-state index contributed by atoms with van der Waals surface area (Å²) in [5, 5.41) is 3.12. The third-order valence-electron chi connectivity index (χ3n) is 3.92. The number of rotatable bonds is 4. The van der Waals surface area contributed by atoms with Gasteiger partial charge in [-0.3, -0.25) is 0 Å². The van der Waals surface area contributed by atoms with E-state index in [-0.39, 0.29) is 0 Å². The molecule has 2 aromatic carbocycles. The fourth-order valence-corrected chi connectivity index (χ4v) is 2.40. The van der Waals surface area contributed by atoms with E-state index in [9.17, 15) is 4.79 Å². The summed E-state index contributed by atoms with van der Waals surface area (Å²) in [5.41, 5.74) is 6.76. The van der Waals surface area contributed by atoms with Gasteiger partial charge in [0.1, 0.15) is 6.29 Å². The zero-order valence-corrected chi connectivity index (χ0v) is 17.9. The van der Waals surface area contributed by atoms with Crippen molar-refractivity contribution in [3.63, 3.8) is 0 Å². The van der Waals surface area contributed by atoms with Gasteiger partial charge in [0.05, 0.1) is 0 Å². The second-order valence-corrected chi connectivity index (χ2v) is 7.18. The predicted octanol–water partition coefficient (Wildman–Crippen LogP) is 6.87. The van der Waals surface area contributed by atoms with Crippen molar-refractivity contribution in [2.24, 2.45) is 0 Å². The van der Waals surface area contributed by atoms with E-state index in [2.05, 4.69) is 89.3 Å². The molecule has 0 radical (unpaired) electrons.